The second-order valence-electron chi connectivity index (χ2n) is 6.09. The Morgan fingerprint density at radius 3 is 2.46 bits per heavy atom. The first-order valence-electron chi connectivity index (χ1n) is 8.64. The second-order valence-corrected chi connectivity index (χ2v) is 7.39. The van der Waals surface area contributed by atoms with Gasteiger partial charge in [-0.1, -0.05) is 30.0 Å². The number of carbonyl (C=O) groups excluding carboxylic acids is 1. The summed E-state index contributed by atoms with van der Waals surface area (Å²) in [7, 11) is 0. The molecule has 0 saturated heterocycles. The molecule has 2 heterocycles. The number of ketones is 1. The van der Waals surface area contributed by atoms with Crippen molar-refractivity contribution in [2.24, 2.45) is 0 Å². The molecule has 0 aliphatic carbocycles. The van der Waals surface area contributed by atoms with Crippen LogP contribution in [0.15, 0.2) is 82.6 Å². The van der Waals surface area contributed by atoms with Crippen molar-refractivity contribution in [2.75, 3.05) is 0 Å². The Bertz CT molecular complexity index is 1080. The topological polar surface area (TPSA) is 60.9 Å². The highest BCUT2D eigenvalue weighted by molar-refractivity contribution is 8.00. The largest absolute Gasteiger partial charge is 0.461 e. The van der Waals surface area contributed by atoms with Crippen molar-refractivity contribution in [2.45, 2.75) is 17.3 Å². The number of hydrogen-bond donors (Lipinski definition) is 0. The van der Waals surface area contributed by atoms with Crippen LogP contribution >= 0.6 is 11.8 Å². The lowest BCUT2D eigenvalue weighted by Gasteiger charge is -2.12. The molecule has 4 rings (SSSR count). The fourth-order valence-electron chi connectivity index (χ4n) is 2.78. The van der Waals surface area contributed by atoms with E-state index >= 15 is 0 Å². The number of halogens is 1. The lowest BCUT2D eigenvalue weighted by Crippen LogP contribution is -2.14. The lowest BCUT2D eigenvalue weighted by atomic mass is 10.1. The molecule has 0 spiro atoms. The number of nitrogens with zero attached hydrogens (tertiary/aromatic N) is 3. The smallest absolute Gasteiger partial charge is 0.205 e. The molecule has 1 unspecified atom stereocenters. The summed E-state index contributed by atoms with van der Waals surface area (Å²) in [6.07, 6.45) is 1.58. The minimum Gasteiger partial charge on any atom is -0.461 e. The van der Waals surface area contributed by atoms with Gasteiger partial charge < -0.3 is 4.42 Å². The third-order valence-corrected chi connectivity index (χ3v) is 5.21. The van der Waals surface area contributed by atoms with Crippen LogP contribution in [0.2, 0.25) is 0 Å². The molecule has 2 aromatic carbocycles. The average Bonchev–Trinajstić information content (AvgIpc) is 3.38. The fourth-order valence-corrected chi connectivity index (χ4v) is 3.73. The van der Waals surface area contributed by atoms with E-state index in [1.54, 1.807) is 19.3 Å². The predicted octanol–water partition coefficient (Wildman–Crippen LogP) is 5.03. The van der Waals surface area contributed by atoms with E-state index in [2.05, 4.69) is 10.2 Å². The highest BCUT2D eigenvalue weighted by Gasteiger charge is 2.23. The zero-order valence-electron chi connectivity index (χ0n) is 14.9. The minimum absolute atomic E-state index is 0.104. The minimum atomic E-state index is -0.429. The van der Waals surface area contributed by atoms with Crippen LogP contribution in [0.1, 0.15) is 17.3 Å². The number of hydrogen-bond acceptors (Lipinski definition) is 5. The van der Waals surface area contributed by atoms with E-state index in [1.165, 1.54) is 36.0 Å². The van der Waals surface area contributed by atoms with Crippen LogP contribution < -0.4 is 0 Å². The molecule has 28 heavy (non-hydrogen) atoms. The molecule has 0 radical (unpaired) electrons. The summed E-state index contributed by atoms with van der Waals surface area (Å²) in [6.45, 7) is 1.80. The van der Waals surface area contributed by atoms with Crippen LogP contribution in [0.4, 0.5) is 4.39 Å². The van der Waals surface area contributed by atoms with Crippen LogP contribution in [0.25, 0.3) is 17.3 Å². The van der Waals surface area contributed by atoms with Gasteiger partial charge in [0.25, 0.3) is 0 Å². The van der Waals surface area contributed by atoms with Gasteiger partial charge in [-0.05, 0) is 55.5 Å². The molecule has 0 bridgehead atoms. The van der Waals surface area contributed by atoms with Gasteiger partial charge in [-0.25, -0.2) is 4.39 Å². The Morgan fingerprint density at radius 1 is 1.04 bits per heavy atom. The fraction of sp³-hybridized carbons (Fsp3) is 0.0952. The zero-order valence-corrected chi connectivity index (χ0v) is 15.8. The van der Waals surface area contributed by atoms with E-state index in [0.29, 0.717) is 22.3 Å². The molecule has 0 amide bonds. The van der Waals surface area contributed by atoms with Crippen molar-refractivity contribution in [3.8, 4) is 17.3 Å². The standard InChI is InChI=1S/C21H16FN3O2S/c1-14(19(26)15-9-11-16(22)12-10-15)28-21-24-23-20(18-8-5-13-27-18)25(21)17-6-3-2-4-7-17/h2-14H,1H3. The summed E-state index contributed by atoms with van der Waals surface area (Å²) in [6, 6.07) is 18.8. The molecule has 4 aromatic rings. The van der Waals surface area contributed by atoms with Gasteiger partial charge in [0, 0.05) is 11.3 Å². The normalized spacial score (nSPS) is 12.1. The maximum Gasteiger partial charge on any atom is 0.205 e. The van der Waals surface area contributed by atoms with Crippen LogP contribution in [0.5, 0.6) is 0 Å². The Labute approximate surface area is 165 Å². The molecule has 0 fully saturated rings. The number of aromatic nitrogens is 3. The maximum absolute atomic E-state index is 13.1. The van der Waals surface area contributed by atoms with Crippen molar-refractivity contribution in [1.82, 2.24) is 14.8 Å². The number of Topliss-reactive ketones (excluding diaryl/α,β-unsaturated/α-hetero) is 1. The van der Waals surface area contributed by atoms with Gasteiger partial charge in [0.1, 0.15) is 5.82 Å². The lowest BCUT2D eigenvalue weighted by molar-refractivity contribution is 0.0994. The van der Waals surface area contributed by atoms with E-state index in [1.807, 2.05) is 41.0 Å². The number of rotatable bonds is 6. The van der Waals surface area contributed by atoms with Crippen molar-refractivity contribution in [3.05, 3.63) is 84.4 Å². The SMILES string of the molecule is CC(Sc1nnc(-c2ccco2)n1-c1ccccc1)C(=O)c1ccc(F)cc1. The molecular formula is C21H16FN3O2S. The number of para-hydroxylation sites is 1. The summed E-state index contributed by atoms with van der Waals surface area (Å²) in [5.41, 5.74) is 1.32. The summed E-state index contributed by atoms with van der Waals surface area (Å²) in [5.74, 6) is 0.664. The Morgan fingerprint density at radius 2 is 1.79 bits per heavy atom. The summed E-state index contributed by atoms with van der Waals surface area (Å²) in [5, 5.41) is 8.69. The molecule has 5 nitrogen and oxygen atoms in total. The molecule has 2 aromatic heterocycles. The number of thioether (sulfide) groups is 1. The number of carbonyl (C=O) groups is 1. The van der Waals surface area contributed by atoms with Gasteiger partial charge in [0.2, 0.25) is 5.82 Å². The number of benzene rings is 2. The zero-order chi connectivity index (χ0) is 19.5. The molecule has 140 valence electrons. The first-order chi connectivity index (χ1) is 13.6. The Kier molecular flexibility index (Phi) is 5.08. The average molecular weight is 393 g/mol. The van der Waals surface area contributed by atoms with Gasteiger partial charge in [-0.2, -0.15) is 0 Å². The van der Waals surface area contributed by atoms with Crippen molar-refractivity contribution in [3.63, 3.8) is 0 Å². The Hall–Kier alpha value is -3.19. The summed E-state index contributed by atoms with van der Waals surface area (Å²) >= 11 is 1.29. The van der Waals surface area contributed by atoms with Crippen molar-refractivity contribution in [1.29, 1.82) is 0 Å². The molecule has 0 aliphatic rings. The van der Waals surface area contributed by atoms with E-state index in [-0.39, 0.29) is 11.6 Å². The second kappa shape index (κ2) is 7.82. The third kappa shape index (κ3) is 3.61. The molecule has 0 N–H and O–H groups in total. The number of furan rings is 1. The Balaban J connectivity index is 1.68. The van der Waals surface area contributed by atoms with Crippen LogP contribution in [0, 0.1) is 5.82 Å². The highest BCUT2D eigenvalue weighted by atomic mass is 32.2. The van der Waals surface area contributed by atoms with E-state index < -0.39 is 5.25 Å². The van der Waals surface area contributed by atoms with Crippen molar-refractivity contribution < 1.29 is 13.6 Å². The van der Waals surface area contributed by atoms with Crippen LogP contribution in [-0.2, 0) is 0 Å². The van der Waals surface area contributed by atoms with Crippen LogP contribution in [0.3, 0.4) is 0 Å². The third-order valence-electron chi connectivity index (χ3n) is 4.17. The summed E-state index contributed by atoms with van der Waals surface area (Å²) < 4.78 is 20.5. The van der Waals surface area contributed by atoms with Crippen molar-refractivity contribution >= 4 is 17.5 Å². The van der Waals surface area contributed by atoms with Gasteiger partial charge in [0.15, 0.2) is 16.7 Å². The van der Waals surface area contributed by atoms with Gasteiger partial charge >= 0.3 is 0 Å². The van der Waals surface area contributed by atoms with E-state index in [9.17, 15) is 9.18 Å². The van der Waals surface area contributed by atoms with E-state index in [4.69, 9.17) is 4.42 Å². The molecule has 0 aliphatic heterocycles. The molecule has 1 atom stereocenters. The first-order valence-corrected chi connectivity index (χ1v) is 9.52. The quantitative estimate of drug-likeness (QED) is 0.340. The van der Waals surface area contributed by atoms with E-state index in [0.717, 1.165) is 5.69 Å². The maximum atomic E-state index is 13.1. The summed E-state index contributed by atoms with van der Waals surface area (Å²) in [4.78, 5) is 12.7. The van der Waals surface area contributed by atoms with Gasteiger partial charge in [-0.15, -0.1) is 10.2 Å². The van der Waals surface area contributed by atoms with Gasteiger partial charge in [0.05, 0.1) is 11.5 Å². The monoisotopic (exact) mass is 393 g/mol. The first kappa shape index (κ1) is 18.2. The predicted molar refractivity (Wildman–Crippen MR) is 105 cm³/mol. The van der Waals surface area contributed by atoms with Crippen LogP contribution in [-0.4, -0.2) is 25.8 Å². The van der Waals surface area contributed by atoms with Gasteiger partial charge in [-0.3, -0.25) is 9.36 Å². The molecule has 7 heteroatoms. The molecular weight excluding hydrogens is 377 g/mol. The highest BCUT2D eigenvalue weighted by Crippen LogP contribution is 2.31. The molecule has 0 saturated carbocycles.